The van der Waals surface area contributed by atoms with Crippen LogP contribution in [-0.4, -0.2) is 58.0 Å². The molecule has 0 aliphatic carbocycles. The third kappa shape index (κ3) is 3.45. The lowest BCUT2D eigenvalue weighted by molar-refractivity contribution is -0.384. The first-order valence-corrected chi connectivity index (χ1v) is 6.77. The van der Waals surface area contributed by atoms with Crippen LogP contribution >= 0.6 is 0 Å². The summed E-state index contributed by atoms with van der Waals surface area (Å²) in [7, 11) is 0. The number of ether oxygens (including phenoxy) is 2. The van der Waals surface area contributed by atoms with Gasteiger partial charge in [-0.15, -0.1) is 0 Å². The van der Waals surface area contributed by atoms with Gasteiger partial charge in [-0.2, -0.15) is 0 Å². The predicted molar refractivity (Wildman–Crippen MR) is 75.6 cm³/mol. The summed E-state index contributed by atoms with van der Waals surface area (Å²) in [6.07, 6.45) is -5.10. The lowest BCUT2D eigenvalue weighted by atomic mass is 10.0. The average Bonchev–Trinajstić information content (AvgIpc) is 2.49. The van der Waals surface area contributed by atoms with Crippen molar-refractivity contribution in [1.82, 2.24) is 0 Å². The number of hydrogen-bond donors (Lipinski definition) is 4. The minimum atomic E-state index is -1.42. The van der Waals surface area contributed by atoms with Crippen LogP contribution in [0.3, 0.4) is 0 Å². The fraction of sp³-hybridized carbons (Fsp3) is 0.538. The number of anilines is 1. The van der Waals surface area contributed by atoms with Gasteiger partial charge in [0.05, 0.1) is 24.2 Å². The Labute approximate surface area is 126 Å². The van der Waals surface area contributed by atoms with E-state index in [9.17, 15) is 25.4 Å². The molecule has 0 saturated carbocycles. The molecule has 0 unspecified atom stereocenters. The van der Waals surface area contributed by atoms with Crippen LogP contribution in [0, 0.1) is 10.1 Å². The average molecular weight is 314 g/mol. The SMILES string of the molecule is CCOc1ccc(N[C@@H]2OC[C@@H](O)[C@@H](O)[C@H]2O)c([N+](=O)[O-])c1. The van der Waals surface area contributed by atoms with Crippen molar-refractivity contribution in [3.8, 4) is 5.75 Å². The second-order valence-electron chi connectivity index (χ2n) is 4.82. The summed E-state index contributed by atoms with van der Waals surface area (Å²) in [5.41, 5.74) is -0.136. The van der Waals surface area contributed by atoms with Crippen molar-refractivity contribution in [2.45, 2.75) is 31.5 Å². The van der Waals surface area contributed by atoms with Gasteiger partial charge in [0, 0.05) is 0 Å². The third-order valence-electron chi connectivity index (χ3n) is 3.28. The molecule has 0 spiro atoms. The maximum absolute atomic E-state index is 11.1. The predicted octanol–water partition coefficient (Wildman–Crippen LogP) is -0.156. The topological polar surface area (TPSA) is 134 Å². The molecular formula is C13H18N2O7. The van der Waals surface area contributed by atoms with Crippen LogP contribution in [-0.2, 0) is 4.74 Å². The van der Waals surface area contributed by atoms with Crippen molar-refractivity contribution in [3.63, 3.8) is 0 Å². The molecule has 1 aliphatic rings. The molecule has 0 radical (unpaired) electrons. The van der Waals surface area contributed by atoms with E-state index in [1.807, 2.05) is 0 Å². The van der Waals surface area contributed by atoms with Crippen molar-refractivity contribution in [2.24, 2.45) is 0 Å². The lowest BCUT2D eigenvalue weighted by Gasteiger charge is -2.35. The number of aliphatic hydroxyl groups is 3. The van der Waals surface area contributed by atoms with Gasteiger partial charge in [-0.05, 0) is 19.1 Å². The summed E-state index contributed by atoms with van der Waals surface area (Å²) in [5, 5.41) is 42.6. The number of nitrogens with zero attached hydrogens (tertiary/aromatic N) is 1. The minimum absolute atomic E-state index is 0.112. The normalized spacial score (nSPS) is 28.2. The molecule has 9 nitrogen and oxygen atoms in total. The van der Waals surface area contributed by atoms with Crippen molar-refractivity contribution in [3.05, 3.63) is 28.3 Å². The van der Waals surface area contributed by atoms with E-state index in [4.69, 9.17) is 9.47 Å². The van der Waals surface area contributed by atoms with Gasteiger partial charge in [0.25, 0.3) is 5.69 Å². The highest BCUT2D eigenvalue weighted by Crippen LogP contribution is 2.31. The van der Waals surface area contributed by atoms with Crippen LogP contribution < -0.4 is 10.1 Å². The number of nitro benzene ring substituents is 1. The van der Waals surface area contributed by atoms with E-state index in [-0.39, 0.29) is 18.0 Å². The Bertz CT molecular complexity index is 539. The molecule has 1 heterocycles. The zero-order valence-corrected chi connectivity index (χ0v) is 11.9. The largest absolute Gasteiger partial charge is 0.494 e. The van der Waals surface area contributed by atoms with E-state index in [1.165, 1.54) is 12.1 Å². The molecule has 0 aromatic heterocycles. The van der Waals surface area contributed by atoms with Crippen LogP contribution in [0.4, 0.5) is 11.4 Å². The van der Waals surface area contributed by atoms with Gasteiger partial charge in [0.15, 0.2) is 6.23 Å². The van der Waals surface area contributed by atoms with Crippen LogP contribution in [0.15, 0.2) is 18.2 Å². The summed E-state index contributed by atoms with van der Waals surface area (Å²) >= 11 is 0. The molecule has 1 fully saturated rings. The second kappa shape index (κ2) is 6.88. The Balaban J connectivity index is 2.20. The molecule has 1 aromatic rings. The van der Waals surface area contributed by atoms with E-state index in [1.54, 1.807) is 13.0 Å². The Morgan fingerprint density at radius 2 is 2.14 bits per heavy atom. The van der Waals surface area contributed by atoms with E-state index in [0.717, 1.165) is 0 Å². The molecular weight excluding hydrogens is 296 g/mol. The monoisotopic (exact) mass is 314 g/mol. The van der Waals surface area contributed by atoms with Crippen molar-refractivity contribution < 1.29 is 29.7 Å². The first kappa shape index (κ1) is 16.4. The third-order valence-corrected chi connectivity index (χ3v) is 3.28. The first-order valence-electron chi connectivity index (χ1n) is 6.77. The number of rotatable bonds is 5. The highest BCUT2D eigenvalue weighted by molar-refractivity contribution is 5.64. The van der Waals surface area contributed by atoms with Gasteiger partial charge < -0.3 is 30.1 Å². The van der Waals surface area contributed by atoms with Crippen molar-refractivity contribution in [2.75, 3.05) is 18.5 Å². The summed E-state index contributed by atoms with van der Waals surface area (Å²) in [6.45, 7) is 1.94. The molecule has 2 rings (SSSR count). The van der Waals surface area contributed by atoms with Gasteiger partial charge in [-0.1, -0.05) is 0 Å². The van der Waals surface area contributed by atoms with Gasteiger partial charge >= 0.3 is 0 Å². The van der Waals surface area contributed by atoms with E-state index in [0.29, 0.717) is 12.4 Å². The van der Waals surface area contributed by atoms with Crippen LogP contribution in [0.1, 0.15) is 6.92 Å². The summed E-state index contributed by atoms with van der Waals surface area (Å²) in [5.74, 6) is 0.348. The zero-order valence-electron chi connectivity index (χ0n) is 11.9. The number of aliphatic hydroxyl groups excluding tert-OH is 3. The Hall–Kier alpha value is -1.94. The Morgan fingerprint density at radius 1 is 1.41 bits per heavy atom. The van der Waals surface area contributed by atoms with E-state index < -0.39 is 29.5 Å². The first-order chi connectivity index (χ1) is 10.4. The molecule has 1 aliphatic heterocycles. The zero-order chi connectivity index (χ0) is 16.3. The summed E-state index contributed by atoms with van der Waals surface area (Å²) < 4.78 is 10.4. The van der Waals surface area contributed by atoms with Gasteiger partial charge in [-0.3, -0.25) is 10.1 Å². The van der Waals surface area contributed by atoms with E-state index in [2.05, 4.69) is 5.32 Å². The maximum atomic E-state index is 11.1. The number of nitro groups is 1. The maximum Gasteiger partial charge on any atom is 0.296 e. The van der Waals surface area contributed by atoms with Crippen LogP contribution in [0.2, 0.25) is 0 Å². The molecule has 1 aromatic carbocycles. The fourth-order valence-electron chi connectivity index (χ4n) is 2.13. The second-order valence-corrected chi connectivity index (χ2v) is 4.82. The summed E-state index contributed by atoms with van der Waals surface area (Å²) in [6, 6.07) is 4.22. The Kier molecular flexibility index (Phi) is 5.14. The number of benzene rings is 1. The molecule has 9 heteroatoms. The van der Waals surface area contributed by atoms with Gasteiger partial charge in [0.1, 0.15) is 29.7 Å². The van der Waals surface area contributed by atoms with E-state index >= 15 is 0 Å². The Morgan fingerprint density at radius 3 is 2.77 bits per heavy atom. The molecule has 4 N–H and O–H groups in total. The molecule has 0 bridgehead atoms. The standard InChI is InChI=1S/C13H18N2O7/c1-2-21-7-3-4-8(9(5-7)15(19)20)14-13-12(18)11(17)10(16)6-22-13/h3-5,10-14,16-18H,2,6H2,1H3/t10-,11-,12-,13-/m1/s1. The fourth-order valence-corrected chi connectivity index (χ4v) is 2.13. The number of hydrogen-bond acceptors (Lipinski definition) is 8. The molecule has 1 saturated heterocycles. The highest BCUT2D eigenvalue weighted by Gasteiger charge is 2.38. The van der Waals surface area contributed by atoms with Crippen molar-refractivity contribution >= 4 is 11.4 Å². The van der Waals surface area contributed by atoms with Crippen LogP contribution in [0.5, 0.6) is 5.75 Å². The molecule has 122 valence electrons. The quantitative estimate of drug-likeness (QED) is 0.435. The van der Waals surface area contributed by atoms with Gasteiger partial charge in [-0.25, -0.2) is 0 Å². The minimum Gasteiger partial charge on any atom is -0.494 e. The smallest absolute Gasteiger partial charge is 0.296 e. The summed E-state index contributed by atoms with van der Waals surface area (Å²) in [4.78, 5) is 10.5. The molecule has 22 heavy (non-hydrogen) atoms. The molecule has 0 amide bonds. The number of nitrogens with one attached hydrogen (secondary N) is 1. The lowest BCUT2D eigenvalue weighted by Crippen LogP contribution is -2.55. The highest BCUT2D eigenvalue weighted by atomic mass is 16.6. The molecule has 4 atom stereocenters. The van der Waals surface area contributed by atoms with Crippen LogP contribution in [0.25, 0.3) is 0 Å². The van der Waals surface area contributed by atoms with Gasteiger partial charge in [0.2, 0.25) is 0 Å². The van der Waals surface area contributed by atoms with Crippen molar-refractivity contribution in [1.29, 1.82) is 0 Å².